The molecule has 0 bridgehead atoms. The zero-order valence-corrected chi connectivity index (χ0v) is 17.1. The van der Waals surface area contributed by atoms with Crippen molar-refractivity contribution in [3.05, 3.63) is 23.9 Å². The standard InChI is InChI=1S/C18H23BrN2O6/c1-5-8-26-16(24)14-10(12(22)9-19)6-7-11-13(15(23)21(11)14)20-17(25)27-18(2,3)4/h5,11,13H,1,6-9H2,2-4H3,(H,20,25)/t11-,13-/m0/s1. The van der Waals surface area contributed by atoms with Crippen molar-refractivity contribution in [1.29, 1.82) is 0 Å². The summed E-state index contributed by atoms with van der Waals surface area (Å²) in [4.78, 5) is 50.5. The number of rotatable bonds is 6. The summed E-state index contributed by atoms with van der Waals surface area (Å²) in [5.41, 5.74) is -0.496. The summed E-state index contributed by atoms with van der Waals surface area (Å²) in [5.74, 6) is -1.51. The van der Waals surface area contributed by atoms with E-state index in [0.717, 1.165) is 0 Å². The molecule has 0 saturated carbocycles. The summed E-state index contributed by atoms with van der Waals surface area (Å²) in [7, 11) is 0. The van der Waals surface area contributed by atoms with Crippen LogP contribution in [0.3, 0.4) is 0 Å². The number of ketones is 1. The molecule has 1 fully saturated rings. The molecule has 2 atom stereocenters. The van der Waals surface area contributed by atoms with Crippen LogP contribution in [0.2, 0.25) is 0 Å². The van der Waals surface area contributed by atoms with Crippen molar-refractivity contribution in [2.45, 2.75) is 51.3 Å². The zero-order valence-electron chi connectivity index (χ0n) is 15.5. The van der Waals surface area contributed by atoms with E-state index in [1.165, 1.54) is 11.0 Å². The van der Waals surface area contributed by atoms with Gasteiger partial charge < -0.3 is 14.8 Å². The van der Waals surface area contributed by atoms with Crippen LogP contribution in [0.1, 0.15) is 33.6 Å². The highest BCUT2D eigenvalue weighted by Crippen LogP contribution is 2.37. The third-order valence-electron chi connectivity index (χ3n) is 4.09. The lowest BCUT2D eigenvalue weighted by molar-refractivity contribution is -0.156. The Kier molecular flexibility index (Phi) is 6.46. The molecule has 0 unspecified atom stereocenters. The Labute approximate surface area is 166 Å². The number of halogens is 1. The van der Waals surface area contributed by atoms with Crippen LogP contribution < -0.4 is 5.32 Å². The highest BCUT2D eigenvalue weighted by molar-refractivity contribution is 9.09. The van der Waals surface area contributed by atoms with Crippen molar-refractivity contribution in [2.75, 3.05) is 11.9 Å². The lowest BCUT2D eigenvalue weighted by Crippen LogP contribution is -2.72. The van der Waals surface area contributed by atoms with Gasteiger partial charge in [-0.15, -0.1) is 0 Å². The molecule has 0 aliphatic carbocycles. The van der Waals surface area contributed by atoms with Crippen LogP contribution in [0.4, 0.5) is 4.79 Å². The fourth-order valence-corrected chi connectivity index (χ4v) is 3.38. The predicted molar refractivity (Wildman–Crippen MR) is 100 cm³/mol. The van der Waals surface area contributed by atoms with E-state index in [2.05, 4.69) is 27.8 Å². The van der Waals surface area contributed by atoms with Crippen LogP contribution in [0.5, 0.6) is 0 Å². The molecule has 0 spiro atoms. The molecule has 0 aromatic rings. The molecule has 9 heteroatoms. The number of hydrogen-bond donors (Lipinski definition) is 1. The number of β-lactam (4-membered cyclic amide) rings is 1. The van der Waals surface area contributed by atoms with E-state index in [9.17, 15) is 19.2 Å². The van der Waals surface area contributed by atoms with Crippen LogP contribution in [0.25, 0.3) is 0 Å². The number of fused-ring (bicyclic) bond motifs is 1. The van der Waals surface area contributed by atoms with Crippen molar-refractivity contribution in [1.82, 2.24) is 10.2 Å². The number of amides is 2. The summed E-state index contributed by atoms with van der Waals surface area (Å²) < 4.78 is 10.2. The van der Waals surface area contributed by atoms with E-state index in [1.807, 2.05) is 0 Å². The van der Waals surface area contributed by atoms with Gasteiger partial charge in [-0.05, 0) is 33.6 Å². The van der Waals surface area contributed by atoms with Gasteiger partial charge in [0, 0.05) is 5.57 Å². The first kappa shape index (κ1) is 21.1. The topological polar surface area (TPSA) is 102 Å². The zero-order chi connectivity index (χ0) is 20.4. The maximum Gasteiger partial charge on any atom is 0.408 e. The molecule has 1 N–H and O–H groups in total. The molecule has 0 aromatic carbocycles. The third-order valence-corrected chi connectivity index (χ3v) is 4.60. The van der Waals surface area contributed by atoms with Gasteiger partial charge in [-0.25, -0.2) is 9.59 Å². The number of ether oxygens (including phenoxy) is 2. The Balaban J connectivity index is 2.22. The summed E-state index contributed by atoms with van der Waals surface area (Å²) in [6, 6.07) is -1.23. The number of nitrogens with one attached hydrogen (secondary N) is 1. The lowest BCUT2D eigenvalue weighted by atomic mass is 9.82. The number of nitrogens with zero attached hydrogens (tertiary/aromatic N) is 1. The minimum absolute atomic E-state index is 0.0346. The minimum atomic E-state index is -0.803. The average molecular weight is 443 g/mol. The average Bonchev–Trinajstić information content (AvgIpc) is 2.60. The molecule has 2 amide bonds. The second-order valence-electron chi connectivity index (χ2n) is 7.21. The molecule has 0 radical (unpaired) electrons. The lowest BCUT2D eigenvalue weighted by Gasteiger charge is -2.50. The van der Waals surface area contributed by atoms with Gasteiger partial charge in [0.25, 0.3) is 5.91 Å². The fraction of sp³-hybridized carbons (Fsp3) is 0.556. The molecule has 148 valence electrons. The SMILES string of the molecule is C=CCOC(=O)C1=C(C(=O)CBr)CC[C@H]2[C@H](NC(=O)OC(C)(C)C)C(=O)N12. The number of Topliss-reactive ketones (excluding diaryl/α,β-unsaturated/α-hetero) is 1. The number of esters is 1. The fourth-order valence-electron chi connectivity index (χ4n) is 3.04. The minimum Gasteiger partial charge on any atom is -0.457 e. The number of allylic oxidation sites excluding steroid dienone is 1. The third kappa shape index (κ3) is 4.58. The van der Waals surface area contributed by atoms with Gasteiger partial charge in [0.05, 0.1) is 11.4 Å². The second kappa shape index (κ2) is 8.24. The highest BCUT2D eigenvalue weighted by Gasteiger charge is 2.54. The highest BCUT2D eigenvalue weighted by atomic mass is 79.9. The Morgan fingerprint density at radius 1 is 1.37 bits per heavy atom. The van der Waals surface area contributed by atoms with E-state index in [0.29, 0.717) is 12.8 Å². The number of alkyl carbamates (subject to hydrolysis) is 1. The quantitative estimate of drug-likeness (QED) is 0.291. The van der Waals surface area contributed by atoms with Crippen molar-refractivity contribution in [3.63, 3.8) is 0 Å². The van der Waals surface area contributed by atoms with Crippen LogP contribution >= 0.6 is 15.9 Å². The van der Waals surface area contributed by atoms with Crippen LogP contribution in [-0.4, -0.2) is 58.3 Å². The van der Waals surface area contributed by atoms with Gasteiger partial charge in [0.15, 0.2) is 5.78 Å². The van der Waals surface area contributed by atoms with E-state index in [-0.39, 0.29) is 29.0 Å². The number of carbonyl (C=O) groups is 4. The molecular weight excluding hydrogens is 420 g/mol. The molecule has 2 rings (SSSR count). The van der Waals surface area contributed by atoms with Crippen LogP contribution in [0, 0.1) is 0 Å². The molecule has 2 aliphatic rings. The Hall–Kier alpha value is -2.16. The summed E-state index contributed by atoms with van der Waals surface area (Å²) >= 11 is 3.09. The number of carbonyl (C=O) groups excluding carboxylic acids is 4. The van der Waals surface area contributed by atoms with Gasteiger partial charge in [0.2, 0.25) is 0 Å². The van der Waals surface area contributed by atoms with Gasteiger partial charge in [-0.3, -0.25) is 14.5 Å². The van der Waals surface area contributed by atoms with Gasteiger partial charge in [0.1, 0.15) is 23.9 Å². The van der Waals surface area contributed by atoms with Crippen molar-refractivity contribution >= 4 is 39.7 Å². The molecular formula is C18H23BrN2O6. The Morgan fingerprint density at radius 2 is 2.04 bits per heavy atom. The van der Waals surface area contributed by atoms with Gasteiger partial charge in [-0.2, -0.15) is 0 Å². The van der Waals surface area contributed by atoms with Gasteiger partial charge >= 0.3 is 12.1 Å². The largest absolute Gasteiger partial charge is 0.457 e. The maximum atomic E-state index is 12.6. The first-order valence-electron chi connectivity index (χ1n) is 8.53. The summed E-state index contributed by atoms with van der Waals surface area (Å²) in [6.45, 7) is 8.59. The summed E-state index contributed by atoms with van der Waals surface area (Å²) in [6.07, 6.45) is 1.44. The van der Waals surface area contributed by atoms with E-state index < -0.39 is 35.7 Å². The van der Waals surface area contributed by atoms with Crippen molar-refractivity contribution < 1.29 is 28.7 Å². The molecule has 2 heterocycles. The molecule has 0 aromatic heterocycles. The number of hydrogen-bond acceptors (Lipinski definition) is 6. The van der Waals surface area contributed by atoms with E-state index >= 15 is 0 Å². The Bertz CT molecular complexity index is 709. The van der Waals surface area contributed by atoms with Crippen molar-refractivity contribution in [2.24, 2.45) is 0 Å². The van der Waals surface area contributed by atoms with Gasteiger partial charge in [-0.1, -0.05) is 28.6 Å². The molecule has 27 heavy (non-hydrogen) atoms. The normalized spacial score (nSPS) is 21.8. The van der Waals surface area contributed by atoms with E-state index in [1.54, 1.807) is 20.8 Å². The molecule has 2 aliphatic heterocycles. The molecule has 1 saturated heterocycles. The molecule has 8 nitrogen and oxygen atoms in total. The Morgan fingerprint density at radius 3 is 2.59 bits per heavy atom. The first-order valence-corrected chi connectivity index (χ1v) is 9.65. The summed E-state index contributed by atoms with van der Waals surface area (Å²) in [5, 5.41) is 2.58. The van der Waals surface area contributed by atoms with E-state index in [4.69, 9.17) is 9.47 Å². The van der Waals surface area contributed by atoms with Crippen LogP contribution in [0.15, 0.2) is 23.9 Å². The monoisotopic (exact) mass is 442 g/mol. The van der Waals surface area contributed by atoms with Crippen molar-refractivity contribution in [3.8, 4) is 0 Å². The predicted octanol–water partition coefficient (Wildman–Crippen LogP) is 1.83. The van der Waals surface area contributed by atoms with Crippen LogP contribution in [-0.2, 0) is 23.9 Å². The second-order valence-corrected chi connectivity index (χ2v) is 7.77. The maximum absolute atomic E-state index is 12.6. The smallest absolute Gasteiger partial charge is 0.408 e. The first-order chi connectivity index (χ1) is 12.6. The number of alkyl halides is 1.